The normalized spacial score (nSPS) is 10.3. The Hall–Kier alpha value is -3.79. The lowest BCUT2D eigenvalue weighted by atomic mass is 10.2. The molecule has 0 atom stereocenters. The second kappa shape index (κ2) is 11.0. The standard InChI is InChI=1S/C22H22N4O5S/c1-14-5-3-4-6-18(14)31-17-9-7-16(8-10-17)23-20(28)13-30-21(29)12-11-19(27)24-22-26-25-15(2)32-22/h3-10H,11-13H2,1-2H3,(H,23,28)(H,24,26,27). The van der Waals surface area contributed by atoms with Crippen LogP contribution in [0.1, 0.15) is 23.4 Å². The van der Waals surface area contributed by atoms with Gasteiger partial charge in [0, 0.05) is 12.1 Å². The molecule has 2 N–H and O–H groups in total. The number of nitrogens with zero attached hydrogens (tertiary/aromatic N) is 2. The summed E-state index contributed by atoms with van der Waals surface area (Å²) < 4.78 is 10.7. The molecule has 166 valence electrons. The molecular weight excluding hydrogens is 432 g/mol. The third-order valence-electron chi connectivity index (χ3n) is 4.15. The monoisotopic (exact) mass is 454 g/mol. The Kier molecular flexibility index (Phi) is 7.87. The van der Waals surface area contributed by atoms with Crippen LogP contribution in [0.25, 0.3) is 0 Å². The summed E-state index contributed by atoms with van der Waals surface area (Å²) >= 11 is 1.24. The van der Waals surface area contributed by atoms with Gasteiger partial charge in [0.15, 0.2) is 6.61 Å². The van der Waals surface area contributed by atoms with Gasteiger partial charge in [-0.2, -0.15) is 0 Å². The summed E-state index contributed by atoms with van der Waals surface area (Å²) in [5.74, 6) is -0.130. The second-order valence-electron chi connectivity index (χ2n) is 6.78. The van der Waals surface area contributed by atoms with E-state index in [1.807, 2.05) is 31.2 Å². The Morgan fingerprint density at radius 2 is 1.66 bits per heavy atom. The fourth-order valence-electron chi connectivity index (χ4n) is 2.56. The zero-order chi connectivity index (χ0) is 22.9. The first-order valence-corrected chi connectivity index (χ1v) is 10.6. The lowest BCUT2D eigenvalue weighted by Gasteiger charge is -2.10. The van der Waals surface area contributed by atoms with Crippen LogP contribution >= 0.6 is 11.3 Å². The van der Waals surface area contributed by atoms with Crippen molar-refractivity contribution in [3.63, 3.8) is 0 Å². The number of carbonyl (C=O) groups excluding carboxylic acids is 3. The molecule has 3 rings (SSSR count). The van der Waals surface area contributed by atoms with Crippen molar-refractivity contribution in [2.24, 2.45) is 0 Å². The van der Waals surface area contributed by atoms with Crippen LogP contribution in [-0.4, -0.2) is 34.6 Å². The average molecular weight is 455 g/mol. The van der Waals surface area contributed by atoms with Crippen LogP contribution in [0.3, 0.4) is 0 Å². The number of aromatic nitrogens is 2. The number of hydrogen-bond acceptors (Lipinski definition) is 8. The number of aryl methyl sites for hydroxylation is 2. The highest BCUT2D eigenvalue weighted by Crippen LogP contribution is 2.25. The molecule has 0 aliphatic carbocycles. The molecule has 10 heteroatoms. The van der Waals surface area contributed by atoms with Gasteiger partial charge < -0.3 is 20.1 Å². The number of hydrogen-bond donors (Lipinski definition) is 2. The SMILES string of the molecule is Cc1nnc(NC(=O)CCC(=O)OCC(=O)Nc2ccc(Oc3ccccc3C)cc2)s1. The van der Waals surface area contributed by atoms with E-state index in [1.54, 1.807) is 31.2 Å². The number of nitrogens with one attached hydrogen (secondary N) is 2. The van der Waals surface area contributed by atoms with Gasteiger partial charge in [-0.15, -0.1) is 10.2 Å². The van der Waals surface area contributed by atoms with E-state index in [2.05, 4.69) is 20.8 Å². The van der Waals surface area contributed by atoms with Crippen molar-refractivity contribution in [2.75, 3.05) is 17.2 Å². The third kappa shape index (κ3) is 7.17. The van der Waals surface area contributed by atoms with E-state index in [1.165, 1.54) is 11.3 Å². The van der Waals surface area contributed by atoms with Gasteiger partial charge in [0.25, 0.3) is 5.91 Å². The molecule has 9 nitrogen and oxygen atoms in total. The molecule has 0 unspecified atom stereocenters. The van der Waals surface area contributed by atoms with E-state index in [4.69, 9.17) is 9.47 Å². The van der Waals surface area contributed by atoms with Gasteiger partial charge >= 0.3 is 5.97 Å². The third-order valence-corrected chi connectivity index (χ3v) is 4.91. The fourth-order valence-corrected chi connectivity index (χ4v) is 3.17. The smallest absolute Gasteiger partial charge is 0.306 e. The Labute approximate surface area is 188 Å². The average Bonchev–Trinajstić information content (AvgIpc) is 3.18. The molecular formula is C22H22N4O5S. The second-order valence-corrected chi connectivity index (χ2v) is 7.96. The van der Waals surface area contributed by atoms with E-state index < -0.39 is 18.5 Å². The minimum Gasteiger partial charge on any atom is -0.457 e. The summed E-state index contributed by atoms with van der Waals surface area (Å²) in [6, 6.07) is 14.5. The lowest BCUT2D eigenvalue weighted by Crippen LogP contribution is -2.21. The maximum Gasteiger partial charge on any atom is 0.306 e. The number of carbonyl (C=O) groups is 3. The van der Waals surface area contributed by atoms with Crippen LogP contribution in [0.15, 0.2) is 48.5 Å². The van der Waals surface area contributed by atoms with Crippen LogP contribution in [0.4, 0.5) is 10.8 Å². The van der Waals surface area contributed by atoms with Gasteiger partial charge in [0.2, 0.25) is 11.0 Å². The van der Waals surface area contributed by atoms with Crippen LogP contribution in [-0.2, 0) is 19.1 Å². The van der Waals surface area contributed by atoms with E-state index in [0.29, 0.717) is 16.6 Å². The first-order valence-electron chi connectivity index (χ1n) is 9.78. The summed E-state index contributed by atoms with van der Waals surface area (Å²) in [6.45, 7) is 3.28. The molecule has 0 aliphatic rings. The van der Waals surface area contributed by atoms with Gasteiger partial charge in [0.1, 0.15) is 16.5 Å². The predicted octanol–water partition coefficient (Wildman–Crippen LogP) is 3.85. The van der Waals surface area contributed by atoms with Crippen LogP contribution in [0.2, 0.25) is 0 Å². The number of esters is 1. The molecule has 0 saturated carbocycles. The van der Waals surface area contributed by atoms with Gasteiger partial charge in [-0.05, 0) is 49.7 Å². The molecule has 0 bridgehead atoms. The number of para-hydroxylation sites is 1. The van der Waals surface area contributed by atoms with Crippen molar-refractivity contribution in [3.05, 3.63) is 59.1 Å². The van der Waals surface area contributed by atoms with E-state index in [-0.39, 0.29) is 18.7 Å². The Morgan fingerprint density at radius 3 is 2.34 bits per heavy atom. The van der Waals surface area contributed by atoms with Crippen molar-refractivity contribution in [3.8, 4) is 11.5 Å². The van der Waals surface area contributed by atoms with E-state index >= 15 is 0 Å². The van der Waals surface area contributed by atoms with Crippen molar-refractivity contribution in [2.45, 2.75) is 26.7 Å². The quantitative estimate of drug-likeness (QED) is 0.471. The summed E-state index contributed by atoms with van der Waals surface area (Å²) in [5.41, 5.74) is 1.55. The van der Waals surface area contributed by atoms with E-state index in [0.717, 1.165) is 16.3 Å². The first kappa shape index (κ1) is 22.9. The lowest BCUT2D eigenvalue weighted by molar-refractivity contribution is -0.147. The molecule has 3 aromatic rings. The minimum absolute atomic E-state index is 0.0819. The zero-order valence-corrected chi connectivity index (χ0v) is 18.4. The van der Waals surface area contributed by atoms with Crippen LogP contribution in [0, 0.1) is 13.8 Å². The maximum absolute atomic E-state index is 12.0. The Morgan fingerprint density at radius 1 is 0.906 bits per heavy atom. The molecule has 2 amide bonds. The Balaban J connectivity index is 1.37. The molecule has 2 aromatic carbocycles. The zero-order valence-electron chi connectivity index (χ0n) is 17.6. The number of ether oxygens (including phenoxy) is 2. The highest BCUT2D eigenvalue weighted by atomic mass is 32.1. The molecule has 0 aliphatic heterocycles. The summed E-state index contributed by atoms with van der Waals surface area (Å²) in [6.07, 6.45) is -0.233. The minimum atomic E-state index is -0.647. The maximum atomic E-state index is 12.0. The number of rotatable bonds is 9. The van der Waals surface area contributed by atoms with Crippen molar-refractivity contribution < 1.29 is 23.9 Å². The van der Waals surface area contributed by atoms with Gasteiger partial charge in [-0.25, -0.2) is 0 Å². The molecule has 0 radical (unpaired) electrons. The van der Waals surface area contributed by atoms with Gasteiger partial charge in [-0.1, -0.05) is 29.5 Å². The van der Waals surface area contributed by atoms with Crippen molar-refractivity contribution in [1.29, 1.82) is 0 Å². The molecule has 1 aromatic heterocycles. The topological polar surface area (TPSA) is 120 Å². The fraction of sp³-hybridized carbons (Fsp3) is 0.227. The van der Waals surface area contributed by atoms with Gasteiger partial charge in [0.05, 0.1) is 6.42 Å². The van der Waals surface area contributed by atoms with Crippen molar-refractivity contribution in [1.82, 2.24) is 10.2 Å². The molecule has 0 saturated heterocycles. The predicted molar refractivity (Wildman–Crippen MR) is 120 cm³/mol. The summed E-state index contributed by atoms with van der Waals surface area (Å²) in [7, 11) is 0. The molecule has 0 fully saturated rings. The van der Waals surface area contributed by atoms with Crippen LogP contribution in [0.5, 0.6) is 11.5 Å². The summed E-state index contributed by atoms with van der Waals surface area (Å²) in [4.78, 5) is 35.6. The highest BCUT2D eigenvalue weighted by molar-refractivity contribution is 7.15. The molecule has 1 heterocycles. The number of amides is 2. The first-order chi connectivity index (χ1) is 15.4. The van der Waals surface area contributed by atoms with Crippen molar-refractivity contribution >= 4 is 39.9 Å². The largest absolute Gasteiger partial charge is 0.457 e. The molecule has 32 heavy (non-hydrogen) atoms. The van der Waals surface area contributed by atoms with Crippen LogP contribution < -0.4 is 15.4 Å². The number of benzene rings is 2. The number of anilines is 2. The summed E-state index contributed by atoms with van der Waals surface area (Å²) in [5, 5.41) is 13.8. The van der Waals surface area contributed by atoms with Gasteiger partial charge in [-0.3, -0.25) is 14.4 Å². The van der Waals surface area contributed by atoms with E-state index in [9.17, 15) is 14.4 Å². The Bertz CT molecular complexity index is 1100. The molecule has 0 spiro atoms. The highest BCUT2D eigenvalue weighted by Gasteiger charge is 2.12.